The fourth-order valence-corrected chi connectivity index (χ4v) is 3.25. The number of hydrogen-bond donors (Lipinski definition) is 2. The van der Waals surface area contributed by atoms with Gasteiger partial charge in [-0.25, -0.2) is 0 Å². The van der Waals surface area contributed by atoms with Gasteiger partial charge in [0.05, 0.1) is 5.75 Å². The summed E-state index contributed by atoms with van der Waals surface area (Å²) in [5, 5.41) is 14.4. The summed E-state index contributed by atoms with van der Waals surface area (Å²) in [5.41, 5.74) is 1.91. The van der Waals surface area contributed by atoms with Crippen molar-refractivity contribution in [2.75, 3.05) is 23.4 Å². The number of halogens is 1. The van der Waals surface area contributed by atoms with Crippen molar-refractivity contribution < 1.29 is 4.79 Å². The minimum Gasteiger partial charge on any atom is -0.363 e. The van der Waals surface area contributed by atoms with Crippen LogP contribution < -0.4 is 10.6 Å². The first kappa shape index (κ1) is 15.3. The van der Waals surface area contributed by atoms with Crippen molar-refractivity contribution >= 4 is 55.8 Å². The van der Waals surface area contributed by atoms with Gasteiger partial charge in [0.15, 0.2) is 4.34 Å². The van der Waals surface area contributed by atoms with Gasteiger partial charge in [0, 0.05) is 17.2 Å². The third-order valence-electron chi connectivity index (χ3n) is 2.40. The largest absolute Gasteiger partial charge is 0.363 e. The fraction of sp³-hybridized carbons (Fsp3) is 0.250. The zero-order chi connectivity index (χ0) is 14.5. The van der Waals surface area contributed by atoms with E-state index in [2.05, 4.69) is 36.8 Å². The summed E-state index contributed by atoms with van der Waals surface area (Å²) in [7, 11) is 1.79. The molecule has 0 atom stereocenters. The van der Waals surface area contributed by atoms with Crippen molar-refractivity contribution in [3.05, 3.63) is 28.2 Å². The van der Waals surface area contributed by atoms with E-state index in [-0.39, 0.29) is 5.91 Å². The van der Waals surface area contributed by atoms with E-state index in [0.29, 0.717) is 5.75 Å². The second-order valence-corrected chi connectivity index (χ2v) is 6.98. The van der Waals surface area contributed by atoms with Crippen LogP contribution in [0.3, 0.4) is 0 Å². The Morgan fingerprint density at radius 2 is 2.25 bits per heavy atom. The first-order valence-electron chi connectivity index (χ1n) is 5.78. The molecule has 1 heterocycles. The zero-order valence-corrected chi connectivity index (χ0v) is 14.2. The van der Waals surface area contributed by atoms with Crippen LogP contribution >= 0.6 is 39.0 Å². The predicted octanol–water partition coefficient (Wildman–Crippen LogP) is 3.38. The van der Waals surface area contributed by atoms with Crippen molar-refractivity contribution in [3.63, 3.8) is 0 Å². The summed E-state index contributed by atoms with van der Waals surface area (Å²) in [6.45, 7) is 2.00. The quantitative estimate of drug-likeness (QED) is 0.787. The zero-order valence-electron chi connectivity index (χ0n) is 10.9. The maximum atomic E-state index is 11.9. The van der Waals surface area contributed by atoms with Gasteiger partial charge < -0.3 is 10.6 Å². The molecule has 0 aliphatic carbocycles. The minimum atomic E-state index is -0.0630. The number of benzene rings is 1. The monoisotopic (exact) mass is 372 g/mol. The number of carbonyl (C=O) groups excluding carboxylic acids is 1. The summed E-state index contributed by atoms with van der Waals surface area (Å²) < 4.78 is 1.75. The van der Waals surface area contributed by atoms with Gasteiger partial charge in [0.1, 0.15) is 0 Å². The topological polar surface area (TPSA) is 66.9 Å². The fourth-order valence-electron chi connectivity index (χ4n) is 1.36. The van der Waals surface area contributed by atoms with E-state index < -0.39 is 0 Å². The number of nitrogens with zero attached hydrogens (tertiary/aromatic N) is 2. The molecule has 8 heteroatoms. The Balaban J connectivity index is 1.87. The van der Waals surface area contributed by atoms with Gasteiger partial charge in [-0.15, -0.1) is 10.2 Å². The Bertz CT molecular complexity index is 617. The molecular formula is C12H13BrN4OS2. The molecule has 1 aromatic carbocycles. The maximum absolute atomic E-state index is 11.9. The van der Waals surface area contributed by atoms with Crippen molar-refractivity contribution in [1.29, 1.82) is 0 Å². The smallest absolute Gasteiger partial charge is 0.234 e. The van der Waals surface area contributed by atoms with Crippen LogP contribution in [0.15, 0.2) is 27.0 Å². The number of hydrogen-bond acceptors (Lipinski definition) is 6. The molecule has 0 spiro atoms. The summed E-state index contributed by atoms with van der Waals surface area (Å²) in [4.78, 5) is 11.9. The summed E-state index contributed by atoms with van der Waals surface area (Å²) >= 11 is 6.24. The second kappa shape index (κ2) is 7.05. The predicted molar refractivity (Wildman–Crippen MR) is 87.7 cm³/mol. The summed E-state index contributed by atoms with van der Waals surface area (Å²) in [5.74, 6) is 0.246. The van der Waals surface area contributed by atoms with Crippen LogP contribution in [-0.4, -0.2) is 28.9 Å². The Labute approximate surface area is 133 Å². The average Bonchev–Trinajstić information content (AvgIpc) is 2.89. The van der Waals surface area contributed by atoms with E-state index >= 15 is 0 Å². The van der Waals surface area contributed by atoms with Gasteiger partial charge in [-0.1, -0.05) is 45.1 Å². The SMILES string of the molecule is CNc1nnc(SCC(=O)Nc2ccc(C)c(Br)c2)s1. The number of aryl methyl sites for hydroxylation is 1. The number of rotatable bonds is 5. The van der Waals surface area contributed by atoms with Gasteiger partial charge in [-0.05, 0) is 24.6 Å². The number of carbonyl (C=O) groups is 1. The summed E-state index contributed by atoms with van der Waals surface area (Å²) in [6.07, 6.45) is 0. The highest BCUT2D eigenvalue weighted by atomic mass is 79.9. The van der Waals surface area contributed by atoms with Gasteiger partial charge in [0.25, 0.3) is 0 Å². The normalized spacial score (nSPS) is 10.3. The van der Waals surface area contributed by atoms with Crippen molar-refractivity contribution in [3.8, 4) is 0 Å². The first-order chi connectivity index (χ1) is 9.58. The van der Waals surface area contributed by atoms with Crippen LogP contribution in [-0.2, 0) is 4.79 Å². The van der Waals surface area contributed by atoms with E-state index in [1.807, 2.05) is 25.1 Å². The number of nitrogens with one attached hydrogen (secondary N) is 2. The van der Waals surface area contributed by atoms with Crippen molar-refractivity contribution in [1.82, 2.24) is 10.2 Å². The van der Waals surface area contributed by atoms with Gasteiger partial charge >= 0.3 is 0 Å². The third kappa shape index (κ3) is 4.19. The van der Waals surface area contributed by atoms with Crippen LogP contribution in [0, 0.1) is 6.92 Å². The number of amides is 1. The van der Waals surface area contributed by atoms with Gasteiger partial charge in [-0.2, -0.15) is 0 Å². The highest BCUT2D eigenvalue weighted by molar-refractivity contribution is 9.10. The van der Waals surface area contributed by atoms with E-state index in [0.717, 1.165) is 25.2 Å². The van der Waals surface area contributed by atoms with Gasteiger partial charge in [0.2, 0.25) is 11.0 Å². The van der Waals surface area contributed by atoms with E-state index in [1.54, 1.807) is 7.05 Å². The Morgan fingerprint density at radius 3 is 2.90 bits per heavy atom. The number of aromatic nitrogens is 2. The molecule has 0 fully saturated rings. The molecule has 0 radical (unpaired) electrons. The number of anilines is 2. The third-order valence-corrected chi connectivity index (χ3v) is 5.33. The molecule has 106 valence electrons. The molecule has 0 saturated carbocycles. The standard InChI is InChI=1S/C12H13BrN4OS2/c1-7-3-4-8(5-9(7)13)15-10(18)6-19-12-17-16-11(14-2)20-12/h3-5H,6H2,1-2H3,(H,14,16)(H,15,18). The van der Waals surface area contributed by atoms with E-state index in [1.165, 1.54) is 23.1 Å². The van der Waals surface area contributed by atoms with Crippen LogP contribution in [0.5, 0.6) is 0 Å². The molecule has 1 amide bonds. The lowest BCUT2D eigenvalue weighted by Gasteiger charge is -2.06. The van der Waals surface area contributed by atoms with E-state index in [4.69, 9.17) is 0 Å². The minimum absolute atomic E-state index is 0.0630. The van der Waals surface area contributed by atoms with Crippen molar-refractivity contribution in [2.24, 2.45) is 0 Å². The highest BCUT2D eigenvalue weighted by Crippen LogP contribution is 2.25. The molecule has 2 rings (SSSR count). The second-order valence-electron chi connectivity index (χ2n) is 3.92. The Hall–Kier alpha value is -1.12. The molecule has 2 aromatic rings. The van der Waals surface area contributed by atoms with Crippen LogP contribution in [0.4, 0.5) is 10.8 Å². The highest BCUT2D eigenvalue weighted by Gasteiger charge is 2.08. The molecule has 0 aliphatic heterocycles. The van der Waals surface area contributed by atoms with E-state index in [9.17, 15) is 4.79 Å². The Morgan fingerprint density at radius 1 is 1.45 bits per heavy atom. The molecule has 1 aromatic heterocycles. The first-order valence-corrected chi connectivity index (χ1v) is 8.38. The lowest BCUT2D eigenvalue weighted by atomic mass is 10.2. The molecule has 0 unspecified atom stereocenters. The number of thioether (sulfide) groups is 1. The van der Waals surface area contributed by atoms with Gasteiger partial charge in [-0.3, -0.25) is 4.79 Å². The molecule has 0 aliphatic rings. The molecular weight excluding hydrogens is 360 g/mol. The molecule has 20 heavy (non-hydrogen) atoms. The lowest BCUT2D eigenvalue weighted by molar-refractivity contribution is -0.113. The average molecular weight is 373 g/mol. The Kier molecular flexibility index (Phi) is 5.38. The molecule has 2 N–H and O–H groups in total. The van der Waals surface area contributed by atoms with Crippen LogP contribution in [0.1, 0.15) is 5.56 Å². The van der Waals surface area contributed by atoms with Crippen LogP contribution in [0.25, 0.3) is 0 Å². The lowest BCUT2D eigenvalue weighted by Crippen LogP contribution is -2.13. The maximum Gasteiger partial charge on any atom is 0.234 e. The molecule has 0 bridgehead atoms. The molecule has 5 nitrogen and oxygen atoms in total. The summed E-state index contributed by atoms with van der Waals surface area (Å²) in [6, 6.07) is 5.73. The van der Waals surface area contributed by atoms with Crippen LogP contribution in [0.2, 0.25) is 0 Å². The van der Waals surface area contributed by atoms with Crippen molar-refractivity contribution in [2.45, 2.75) is 11.3 Å². The molecule has 0 saturated heterocycles.